The number of nitrogens with zero attached hydrogens (tertiary/aromatic N) is 1. The molecule has 2 rings (SSSR count). The largest absolute Gasteiger partial charge is 0.343 e. The summed E-state index contributed by atoms with van der Waals surface area (Å²) in [5.41, 5.74) is 0.714. The van der Waals surface area contributed by atoms with E-state index >= 15 is 0 Å². The number of carbonyl (C=O) groups excluding carboxylic acids is 2. The van der Waals surface area contributed by atoms with Crippen LogP contribution < -0.4 is 10.6 Å². The lowest BCUT2D eigenvalue weighted by Crippen LogP contribution is -2.33. The summed E-state index contributed by atoms with van der Waals surface area (Å²) < 4.78 is 0. The molecule has 25 heavy (non-hydrogen) atoms. The first-order valence-electron chi connectivity index (χ1n) is 7.06. The van der Waals surface area contributed by atoms with Gasteiger partial charge in [0.25, 0.3) is 11.6 Å². The zero-order chi connectivity index (χ0) is 18.6. The number of rotatable bonds is 5. The van der Waals surface area contributed by atoms with Gasteiger partial charge in [0.05, 0.1) is 33.3 Å². The van der Waals surface area contributed by atoms with Crippen LogP contribution in [0.2, 0.25) is 10.0 Å². The number of nitro benzene ring substituents is 1. The van der Waals surface area contributed by atoms with Crippen molar-refractivity contribution in [1.82, 2.24) is 5.32 Å². The van der Waals surface area contributed by atoms with Crippen molar-refractivity contribution in [3.63, 3.8) is 0 Å². The fourth-order valence-electron chi connectivity index (χ4n) is 2.08. The maximum absolute atomic E-state index is 12.0. The Bertz CT molecular complexity index is 855. The van der Waals surface area contributed by atoms with Crippen molar-refractivity contribution in [3.8, 4) is 0 Å². The van der Waals surface area contributed by atoms with Gasteiger partial charge in [0.1, 0.15) is 0 Å². The van der Waals surface area contributed by atoms with Crippen molar-refractivity contribution < 1.29 is 14.5 Å². The van der Waals surface area contributed by atoms with E-state index < -0.39 is 16.7 Å². The Labute approximate surface area is 153 Å². The highest BCUT2D eigenvalue weighted by atomic mass is 35.5. The fraction of sp³-hybridized carbons (Fsp3) is 0.125. The third-order valence-corrected chi connectivity index (χ3v) is 3.91. The average molecular weight is 382 g/mol. The average Bonchev–Trinajstić information content (AvgIpc) is 2.54. The van der Waals surface area contributed by atoms with E-state index in [4.69, 9.17) is 23.2 Å². The molecule has 9 heteroatoms. The van der Waals surface area contributed by atoms with Gasteiger partial charge >= 0.3 is 0 Å². The molecule has 0 spiro atoms. The van der Waals surface area contributed by atoms with Crippen LogP contribution in [0.15, 0.2) is 36.4 Å². The van der Waals surface area contributed by atoms with E-state index in [-0.39, 0.29) is 22.8 Å². The van der Waals surface area contributed by atoms with Crippen LogP contribution in [0.3, 0.4) is 0 Å². The molecule has 0 unspecified atom stereocenters. The molecule has 2 aromatic carbocycles. The van der Waals surface area contributed by atoms with Gasteiger partial charge in [-0.25, -0.2) is 0 Å². The van der Waals surface area contributed by atoms with E-state index in [1.54, 1.807) is 0 Å². The first-order valence-corrected chi connectivity index (χ1v) is 7.82. The second-order valence-electron chi connectivity index (χ2n) is 5.06. The smallest absolute Gasteiger partial charge is 0.274 e. The summed E-state index contributed by atoms with van der Waals surface area (Å²) in [4.78, 5) is 34.4. The predicted molar refractivity (Wildman–Crippen MR) is 95.3 cm³/mol. The number of carbonyl (C=O) groups is 2. The molecular weight excluding hydrogens is 369 g/mol. The molecule has 2 amide bonds. The molecule has 0 aromatic heterocycles. The van der Waals surface area contributed by atoms with Crippen molar-refractivity contribution in [2.24, 2.45) is 0 Å². The van der Waals surface area contributed by atoms with E-state index in [2.05, 4.69) is 10.6 Å². The molecular formula is C16H13Cl2N3O4. The Balaban J connectivity index is 2.00. The van der Waals surface area contributed by atoms with Crippen LogP contribution in [0.4, 0.5) is 11.4 Å². The van der Waals surface area contributed by atoms with E-state index in [1.807, 2.05) is 0 Å². The zero-order valence-electron chi connectivity index (χ0n) is 13.0. The second kappa shape index (κ2) is 7.96. The maximum atomic E-state index is 12.0. The van der Waals surface area contributed by atoms with Gasteiger partial charge in [-0.2, -0.15) is 0 Å². The number of hydrogen-bond donors (Lipinski definition) is 2. The van der Waals surface area contributed by atoms with Gasteiger partial charge in [-0.05, 0) is 31.2 Å². The van der Waals surface area contributed by atoms with Gasteiger partial charge in [0, 0.05) is 11.1 Å². The van der Waals surface area contributed by atoms with Crippen molar-refractivity contribution in [2.75, 3.05) is 11.9 Å². The molecule has 2 aromatic rings. The Morgan fingerprint density at radius 2 is 1.92 bits per heavy atom. The SMILES string of the molecule is Cc1c(NC(=O)CNC(=O)c2ccc(Cl)cc2Cl)cccc1[N+](=O)[O-]. The fourth-order valence-corrected chi connectivity index (χ4v) is 2.57. The summed E-state index contributed by atoms with van der Waals surface area (Å²) in [6, 6.07) is 8.72. The number of hydrogen-bond acceptors (Lipinski definition) is 4. The Hall–Kier alpha value is -2.64. The van der Waals surface area contributed by atoms with Crippen LogP contribution in [-0.4, -0.2) is 23.3 Å². The lowest BCUT2D eigenvalue weighted by molar-refractivity contribution is -0.385. The van der Waals surface area contributed by atoms with Crippen LogP contribution in [-0.2, 0) is 4.79 Å². The summed E-state index contributed by atoms with van der Waals surface area (Å²) in [5, 5.41) is 16.4. The van der Waals surface area contributed by atoms with E-state index in [9.17, 15) is 19.7 Å². The molecule has 0 fully saturated rings. The molecule has 0 aliphatic carbocycles. The van der Waals surface area contributed by atoms with Crippen molar-refractivity contribution in [1.29, 1.82) is 0 Å². The van der Waals surface area contributed by atoms with E-state index in [1.165, 1.54) is 43.3 Å². The number of nitrogens with one attached hydrogen (secondary N) is 2. The third kappa shape index (κ3) is 4.68. The molecule has 2 N–H and O–H groups in total. The highest BCUT2D eigenvalue weighted by Crippen LogP contribution is 2.25. The highest BCUT2D eigenvalue weighted by Gasteiger charge is 2.16. The van der Waals surface area contributed by atoms with Gasteiger partial charge in [-0.1, -0.05) is 29.3 Å². The first-order chi connectivity index (χ1) is 11.8. The Morgan fingerprint density at radius 3 is 2.56 bits per heavy atom. The van der Waals surface area contributed by atoms with Crippen molar-refractivity contribution in [2.45, 2.75) is 6.92 Å². The number of benzene rings is 2. The minimum Gasteiger partial charge on any atom is -0.343 e. The Kier molecular flexibility index (Phi) is 5.95. The molecule has 0 aliphatic heterocycles. The van der Waals surface area contributed by atoms with Gasteiger partial charge in [0.2, 0.25) is 5.91 Å². The molecule has 0 atom stereocenters. The molecule has 0 radical (unpaired) electrons. The molecule has 0 aliphatic rings. The van der Waals surface area contributed by atoms with Crippen LogP contribution in [0.5, 0.6) is 0 Å². The van der Waals surface area contributed by atoms with E-state index in [0.29, 0.717) is 16.3 Å². The minimum atomic E-state index is -0.535. The maximum Gasteiger partial charge on any atom is 0.274 e. The van der Waals surface area contributed by atoms with Gasteiger partial charge in [-0.3, -0.25) is 19.7 Å². The number of amides is 2. The normalized spacial score (nSPS) is 10.2. The van der Waals surface area contributed by atoms with Crippen LogP contribution in [0.25, 0.3) is 0 Å². The summed E-state index contributed by atoms with van der Waals surface area (Å²) in [7, 11) is 0. The summed E-state index contributed by atoms with van der Waals surface area (Å²) in [5.74, 6) is -1.06. The van der Waals surface area contributed by atoms with Crippen LogP contribution in [0.1, 0.15) is 15.9 Å². The standard InChI is InChI=1S/C16H13Cl2N3O4/c1-9-13(3-2-4-14(9)21(24)25)20-15(22)8-19-16(23)11-6-5-10(17)7-12(11)18/h2-7H,8H2,1H3,(H,19,23)(H,20,22). The van der Waals surface area contributed by atoms with Gasteiger partial charge < -0.3 is 10.6 Å². The second-order valence-corrected chi connectivity index (χ2v) is 5.91. The van der Waals surface area contributed by atoms with Crippen LogP contribution >= 0.6 is 23.2 Å². The Morgan fingerprint density at radius 1 is 1.20 bits per heavy atom. The molecule has 0 saturated heterocycles. The number of halogens is 2. The molecule has 0 saturated carbocycles. The van der Waals surface area contributed by atoms with Gasteiger partial charge in [-0.15, -0.1) is 0 Å². The molecule has 130 valence electrons. The third-order valence-electron chi connectivity index (χ3n) is 3.36. The summed E-state index contributed by atoms with van der Waals surface area (Å²) in [6.45, 7) is 1.21. The lowest BCUT2D eigenvalue weighted by atomic mass is 10.1. The molecule has 0 bridgehead atoms. The molecule has 0 heterocycles. The molecule has 7 nitrogen and oxygen atoms in total. The zero-order valence-corrected chi connectivity index (χ0v) is 14.5. The minimum absolute atomic E-state index is 0.102. The van der Waals surface area contributed by atoms with Crippen molar-refractivity contribution >= 4 is 46.4 Å². The quantitative estimate of drug-likeness (QED) is 0.610. The van der Waals surface area contributed by atoms with Crippen molar-refractivity contribution in [3.05, 3.63) is 67.7 Å². The monoisotopic (exact) mass is 381 g/mol. The lowest BCUT2D eigenvalue weighted by Gasteiger charge is -2.10. The summed E-state index contributed by atoms with van der Waals surface area (Å²) >= 11 is 11.7. The summed E-state index contributed by atoms with van der Waals surface area (Å²) in [6.07, 6.45) is 0. The predicted octanol–water partition coefficient (Wildman–Crippen LogP) is 3.58. The first kappa shape index (κ1) is 18.7. The number of anilines is 1. The van der Waals surface area contributed by atoms with Crippen LogP contribution in [0, 0.1) is 17.0 Å². The van der Waals surface area contributed by atoms with E-state index in [0.717, 1.165) is 0 Å². The topological polar surface area (TPSA) is 101 Å². The van der Waals surface area contributed by atoms with Gasteiger partial charge in [0.15, 0.2) is 0 Å². The highest BCUT2D eigenvalue weighted by molar-refractivity contribution is 6.36. The number of nitro groups is 1.